The van der Waals surface area contributed by atoms with Gasteiger partial charge in [-0.15, -0.1) is 0 Å². The van der Waals surface area contributed by atoms with Crippen molar-refractivity contribution in [1.82, 2.24) is 29.8 Å². The van der Waals surface area contributed by atoms with Gasteiger partial charge in [0.1, 0.15) is 5.82 Å². The molecule has 6 aromatic rings. The van der Waals surface area contributed by atoms with Gasteiger partial charge in [-0.05, 0) is 47.7 Å². The first kappa shape index (κ1) is 29.0. The molecule has 0 saturated heterocycles. The van der Waals surface area contributed by atoms with Gasteiger partial charge in [0.05, 0.1) is 13.0 Å². The summed E-state index contributed by atoms with van der Waals surface area (Å²) in [5, 5.41) is 8.62. The maximum absolute atomic E-state index is 13.9. The lowest BCUT2D eigenvalue weighted by Gasteiger charge is -2.16. The van der Waals surface area contributed by atoms with Crippen LogP contribution in [0.3, 0.4) is 0 Å². The van der Waals surface area contributed by atoms with E-state index in [9.17, 15) is 9.59 Å². The number of nitrogens with zero attached hydrogens (tertiary/aromatic N) is 5. The lowest BCUT2D eigenvalue weighted by Crippen LogP contribution is -2.30. The molecule has 222 valence electrons. The maximum atomic E-state index is 13.9. The monoisotopic (exact) mass is 608 g/mol. The van der Waals surface area contributed by atoms with Crippen molar-refractivity contribution in [2.45, 2.75) is 46.1 Å². The fourth-order valence-corrected chi connectivity index (χ4v) is 5.29. The van der Waals surface area contributed by atoms with Gasteiger partial charge in [-0.3, -0.25) is 18.9 Å². The first-order valence-electron chi connectivity index (χ1n) is 14.3. The molecule has 0 atom stereocenters. The minimum atomic E-state index is -0.609. The van der Waals surface area contributed by atoms with Crippen LogP contribution in [0, 0.1) is 6.92 Å². The van der Waals surface area contributed by atoms with E-state index in [0.717, 1.165) is 40.1 Å². The third kappa shape index (κ3) is 6.30. The first-order valence-corrected chi connectivity index (χ1v) is 14.7. The number of halogens is 1. The van der Waals surface area contributed by atoms with Gasteiger partial charge >= 0.3 is 5.76 Å². The van der Waals surface area contributed by atoms with Crippen molar-refractivity contribution in [2.75, 3.05) is 0 Å². The van der Waals surface area contributed by atoms with Crippen LogP contribution < -0.4 is 11.3 Å². The van der Waals surface area contributed by atoms with Crippen molar-refractivity contribution in [2.24, 2.45) is 0 Å². The maximum Gasteiger partial charge on any atom is 0.439 e. The highest BCUT2D eigenvalue weighted by atomic mass is 35.5. The highest BCUT2D eigenvalue weighted by Gasteiger charge is 2.18. The van der Waals surface area contributed by atoms with E-state index in [1.807, 2.05) is 79.7 Å². The van der Waals surface area contributed by atoms with Gasteiger partial charge in [0.15, 0.2) is 11.6 Å². The van der Waals surface area contributed by atoms with Crippen LogP contribution in [0.5, 0.6) is 0 Å². The quantitative estimate of drug-likeness (QED) is 0.207. The highest BCUT2D eigenvalue weighted by Crippen LogP contribution is 2.30. The Morgan fingerprint density at radius 1 is 0.841 bits per heavy atom. The zero-order chi connectivity index (χ0) is 30.6. The standard InChI is InChI=1S/C33H29ClN6O4/c1-3-6-29-35-20(2)27(18-30-36-28(38-43-30)17-21-11-15-24(34)16-12-21)32(41)40(29)19-22-9-13-23(14-10-22)25-7-4-5-8-26(25)31-37-33(42)44-39-31/h4-5,7-16H,3,6,17-19H2,1-2H3,(H,37,39,42). The second-order valence-electron chi connectivity index (χ2n) is 10.5. The number of hydrogen-bond donors (Lipinski definition) is 1. The molecule has 0 unspecified atom stereocenters. The number of aromatic amines is 1. The zero-order valence-electron chi connectivity index (χ0n) is 24.2. The number of nitrogens with one attached hydrogen (secondary N) is 1. The lowest BCUT2D eigenvalue weighted by atomic mass is 9.98. The molecule has 0 spiro atoms. The fourth-order valence-electron chi connectivity index (χ4n) is 5.17. The summed E-state index contributed by atoms with van der Waals surface area (Å²) in [5.41, 5.74) is 5.59. The fraction of sp³-hybridized carbons (Fsp3) is 0.212. The number of aromatic nitrogens is 6. The second kappa shape index (κ2) is 12.6. The normalized spacial score (nSPS) is 11.2. The topological polar surface area (TPSA) is 133 Å². The van der Waals surface area contributed by atoms with Gasteiger partial charge in [-0.1, -0.05) is 89.5 Å². The molecule has 10 nitrogen and oxygen atoms in total. The van der Waals surface area contributed by atoms with Crippen molar-refractivity contribution < 1.29 is 9.05 Å². The minimum absolute atomic E-state index is 0.122. The van der Waals surface area contributed by atoms with E-state index in [4.69, 9.17) is 25.6 Å². The molecule has 0 fully saturated rings. The Bertz CT molecular complexity index is 2020. The Morgan fingerprint density at radius 2 is 1.57 bits per heavy atom. The van der Waals surface area contributed by atoms with E-state index >= 15 is 0 Å². The Morgan fingerprint density at radius 3 is 2.27 bits per heavy atom. The molecular formula is C33H29ClN6O4. The average molecular weight is 609 g/mol. The number of rotatable bonds is 10. The largest absolute Gasteiger partial charge is 0.439 e. The van der Waals surface area contributed by atoms with Gasteiger partial charge in [-0.25, -0.2) is 9.78 Å². The predicted octanol–water partition coefficient (Wildman–Crippen LogP) is 5.78. The molecule has 0 aliphatic carbocycles. The molecule has 0 aliphatic heterocycles. The van der Waals surface area contributed by atoms with E-state index in [1.54, 1.807) is 4.57 Å². The van der Waals surface area contributed by atoms with E-state index in [2.05, 4.69) is 27.2 Å². The third-order valence-corrected chi connectivity index (χ3v) is 7.62. The van der Waals surface area contributed by atoms with Crippen molar-refractivity contribution in [3.05, 3.63) is 139 Å². The van der Waals surface area contributed by atoms with E-state index in [1.165, 1.54) is 0 Å². The summed E-state index contributed by atoms with van der Waals surface area (Å²) >= 11 is 5.99. The lowest BCUT2D eigenvalue weighted by molar-refractivity contribution is 0.379. The Balaban J connectivity index is 1.26. The zero-order valence-corrected chi connectivity index (χ0v) is 25.0. The summed E-state index contributed by atoms with van der Waals surface area (Å²) < 4.78 is 12.0. The third-order valence-electron chi connectivity index (χ3n) is 7.36. The van der Waals surface area contributed by atoms with Gasteiger partial charge in [-0.2, -0.15) is 4.98 Å². The molecular weight excluding hydrogens is 580 g/mol. The summed E-state index contributed by atoms with van der Waals surface area (Å²) in [6.07, 6.45) is 2.21. The van der Waals surface area contributed by atoms with E-state index < -0.39 is 5.76 Å². The highest BCUT2D eigenvalue weighted by molar-refractivity contribution is 6.30. The minimum Gasteiger partial charge on any atom is -0.339 e. The summed E-state index contributed by atoms with van der Waals surface area (Å²) in [6.45, 7) is 4.27. The van der Waals surface area contributed by atoms with Gasteiger partial charge in [0.2, 0.25) is 5.89 Å². The number of benzene rings is 3. The number of H-pyrrole nitrogens is 1. The van der Waals surface area contributed by atoms with E-state index in [0.29, 0.717) is 53.2 Å². The number of hydrogen-bond acceptors (Lipinski definition) is 8. The van der Waals surface area contributed by atoms with Crippen molar-refractivity contribution >= 4 is 11.6 Å². The molecule has 0 radical (unpaired) electrons. The molecule has 3 aromatic heterocycles. The summed E-state index contributed by atoms with van der Waals surface area (Å²) in [7, 11) is 0. The van der Waals surface area contributed by atoms with Crippen LogP contribution in [0.25, 0.3) is 22.5 Å². The van der Waals surface area contributed by atoms with Crippen LogP contribution in [0.1, 0.15) is 53.3 Å². The van der Waals surface area contributed by atoms with Crippen LogP contribution in [-0.4, -0.2) is 29.8 Å². The van der Waals surface area contributed by atoms with Crippen molar-refractivity contribution in [3.8, 4) is 22.5 Å². The molecule has 1 N–H and O–H groups in total. The molecule has 0 aliphatic rings. The molecule has 3 heterocycles. The van der Waals surface area contributed by atoms with Gasteiger partial charge in [0.25, 0.3) is 5.56 Å². The van der Waals surface area contributed by atoms with E-state index in [-0.39, 0.29) is 12.0 Å². The average Bonchev–Trinajstić information content (AvgIpc) is 3.67. The first-order chi connectivity index (χ1) is 21.4. The summed E-state index contributed by atoms with van der Waals surface area (Å²) in [6, 6.07) is 23.0. The van der Waals surface area contributed by atoms with Crippen molar-refractivity contribution in [1.29, 1.82) is 0 Å². The Kier molecular flexibility index (Phi) is 8.33. The molecule has 44 heavy (non-hydrogen) atoms. The van der Waals surface area contributed by atoms with Gasteiger partial charge in [0, 0.05) is 34.7 Å². The predicted molar refractivity (Wildman–Crippen MR) is 166 cm³/mol. The number of aryl methyl sites for hydroxylation is 2. The van der Waals surface area contributed by atoms with Gasteiger partial charge < -0.3 is 4.52 Å². The van der Waals surface area contributed by atoms with Crippen molar-refractivity contribution in [3.63, 3.8) is 0 Å². The summed E-state index contributed by atoms with van der Waals surface area (Å²) in [4.78, 5) is 37.4. The summed E-state index contributed by atoms with van der Waals surface area (Å²) in [5.74, 6) is 1.39. The SMILES string of the molecule is CCCc1nc(C)c(Cc2nc(Cc3ccc(Cl)cc3)no2)c(=O)n1Cc1ccc(-c2ccccc2-c2noc(=O)[nH]2)cc1. The Hall–Kier alpha value is -5.09. The van der Waals surface area contributed by atoms with Crippen LogP contribution >= 0.6 is 11.6 Å². The molecule has 0 saturated carbocycles. The Labute approximate surface area is 257 Å². The van der Waals surface area contributed by atoms with Crippen LogP contribution in [0.4, 0.5) is 0 Å². The molecule has 6 rings (SSSR count). The smallest absolute Gasteiger partial charge is 0.339 e. The van der Waals surface area contributed by atoms with Crippen LogP contribution in [-0.2, 0) is 25.8 Å². The molecule has 0 amide bonds. The molecule has 11 heteroatoms. The second-order valence-corrected chi connectivity index (χ2v) is 10.9. The van der Waals surface area contributed by atoms with Crippen LogP contribution in [0.2, 0.25) is 5.02 Å². The molecule has 3 aromatic carbocycles. The van der Waals surface area contributed by atoms with Crippen LogP contribution in [0.15, 0.2) is 91.4 Å². The molecule has 0 bridgehead atoms.